The molecule has 0 aliphatic heterocycles. The maximum absolute atomic E-state index is 12.9. The number of hydrogen-bond acceptors (Lipinski definition) is 6. The van der Waals surface area contributed by atoms with Crippen molar-refractivity contribution < 1.29 is 36.3 Å². The van der Waals surface area contributed by atoms with Crippen molar-refractivity contribution in [2.45, 2.75) is 59.0 Å². The number of halogens is 6. The van der Waals surface area contributed by atoms with Gasteiger partial charge in [0.15, 0.2) is 0 Å². The average Bonchev–Trinajstić information content (AvgIpc) is 2.96. The highest BCUT2D eigenvalue weighted by Gasteiger charge is 2.30. The third-order valence-electron chi connectivity index (χ3n) is 3.86. The van der Waals surface area contributed by atoms with Crippen LogP contribution in [0.1, 0.15) is 32.9 Å². The zero-order valence-corrected chi connectivity index (χ0v) is 17.5. The van der Waals surface area contributed by atoms with E-state index in [1.54, 1.807) is 0 Å². The molecule has 0 radical (unpaired) electrons. The number of aromatic nitrogens is 3. The molecule has 2 rings (SSSR count). The van der Waals surface area contributed by atoms with Crippen LogP contribution in [0.15, 0.2) is 12.3 Å². The Bertz CT molecular complexity index is 899. The van der Waals surface area contributed by atoms with Crippen molar-refractivity contribution in [3.8, 4) is 17.0 Å². The van der Waals surface area contributed by atoms with E-state index < -0.39 is 25.3 Å². The maximum atomic E-state index is 12.9. The van der Waals surface area contributed by atoms with Gasteiger partial charge >= 0.3 is 18.9 Å². The van der Waals surface area contributed by atoms with Crippen LogP contribution < -0.4 is 10.1 Å². The Hall–Kier alpha value is -2.72. The highest BCUT2D eigenvalue weighted by molar-refractivity contribution is 6.33. The Labute approximate surface area is 179 Å². The van der Waals surface area contributed by atoms with Gasteiger partial charge < -0.3 is 10.1 Å². The second-order valence-corrected chi connectivity index (χ2v) is 6.55. The van der Waals surface area contributed by atoms with Crippen LogP contribution in [-0.4, -0.2) is 39.7 Å². The molecule has 2 aromatic heterocycles. The van der Waals surface area contributed by atoms with E-state index in [0.29, 0.717) is 24.4 Å². The molecule has 0 saturated heterocycles. The van der Waals surface area contributed by atoms with E-state index in [2.05, 4.69) is 20.1 Å². The molecule has 0 fully saturated rings. The minimum atomic E-state index is -4.37. The van der Waals surface area contributed by atoms with Crippen LogP contribution in [0.4, 0.5) is 27.8 Å². The predicted molar refractivity (Wildman–Crippen MR) is 101 cm³/mol. The molecule has 31 heavy (non-hydrogen) atoms. The number of aryl methyl sites for hydroxylation is 2. The summed E-state index contributed by atoms with van der Waals surface area (Å²) in [7, 11) is 0. The molecule has 2 heterocycles. The summed E-state index contributed by atoms with van der Waals surface area (Å²) < 4.78 is 69.5. The van der Waals surface area contributed by atoms with Crippen molar-refractivity contribution in [1.82, 2.24) is 14.8 Å². The van der Waals surface area contributed by atoms with Crippen LogP contribution in [0.3, 0.4) is 0 Å². The normalized spacial score (nSPS) is 12.1. The van der Waals surface area contributed by atoms with E-state index in [1.165, 1.54) is 17.8 Å². The SMILES string of the molecule is CCc1nn(CC)c(-c2cnc(NC(C)CC(F)(F)F)cc2OC(F)F)c1Cl.O=C=O. The number of ether oxygens (including phenoxy) is 1. The van der Waals surface area contributed by atoms with Crippen LogP contribution in [0.25, 0.3) is 11.3 Å². The molecule has 1 N–H and O–H groups in total. The van der Waals surface area contributed by atoms with E-state index in [1.807, 2.05) is 13.8 Å². The Morgan fingerprint density at radius 2 is 1.90 bits per heavy atom. The monoisotopic (exact) mass is 470 g/mol. The number of carbonyl (C=O) groups excluding carboxylic acids is 2. The molecule has 0 saturated carbocycles. The average molecular weight is 471 g/mol. The first-order valence-electron chi connectivity index (χ1n) is 9.00. The Morgan fingerprint density at radius 3 is 2.39 bits per heavy atom. The molecule has 1 unspecified atom stereocenters. The van der Waals surface area contributed by atoms with Gasteiger partial charge in [-0.2, -0.15) is 36.6 Å². The zero-order valence-electron chi connectivity index (χ0n) is 16.8. The quantitative estimate of drug-likeness (QED) is 0.549. The first-order valence-corrected chi connectivity index (χ1v) is 9.38. The summed E-state index contributed by atoms with van der Waals surface area (Å²) in [6.45, 7) is 2.26. The van der Waals surface area contributed by atoms with Crippen molar-refractivity contribution in [3.05, 3.63) is 23.0 Å². The summed E-state index contributed by atoms with van der Waals surface area (Å²) in [6.07, 6.45) is -3.46. The highest BCUT2D eigenvalue weighted by Crippen LogP contribution is 2.38. The number of alkyl halides is 5. The van der Waals surface area contributed by atoms with E-state index in [0.717, 1.165) is 6.07 Å². The van der Waals surface area contributed by atoms with Crippen molar-refractivity contribution in [1.29, 1.82) is 0 Å². The van der Waals surface area contributed by atoms with Gasteiger partial charge in [-0.1, -0.05) is 18.5 Å². The molecule has 0 spiro atoms. The van der Waals surface area contributed by atoms with E-state index in [9.17, 15) is 22.0 Å². The molecular formula is C18H20ClF5N4O3. The first kappa shape index (κ1) is 26.3. The van der Waals surface area contributed by atoms with Gasteiger partial charge in [-0.05, 0) is 20.3 Å². The minimum Gasteiger partial charge on any atom is -0.434 e. The number of nitrogens with zero attached hydrogens (tertiary/aromatic N) is 3. The highest BCUT2D eigenvalue weighted by atomic mass is 35.5. The van der Waals surface area contributed by atoms with Gasteiger partial charge in [0.2, 0.25) is 0 Å². The van der Waals surface area contributed by atoms with Crippen LogP contribution in [0.2, 0.25) is 5.02 Å². The maximum Gasteiger partial charge on any atom is 0.391 e. The summed E-state index contributed by atoms with van der Waals surface area (Å²) in [5.74, 6) is -0.281. The Kier molecular flexibility index (Phi) is 9.86. The molecule has 0 bridgehead atoms. The lowest BCUT2D eigenvalue weighted by molar-refractivity contribution is -0.191. The summed E-state index contributed by atoms with van der Waals surface area (Å²) in [5, 5.41) is 7.15. The van der Waals surface area contributed by atoms with Gasteiger partial charge in [0.25, 0.3) is 0 Å². The molecule has 0 aliphatic carbocycles. The largest absolute Gasteiger partial charge is 0.434 e. The van der Waals surface area contributed by atoms with Gasteiger partial charge in [-0.15, -0.1) is 0 Å². The van der Waals surface area contributed by atoms with Gasteiger partial charge in [-0.25, -0.2) is 4.98 Å². The fourth-order valence-corrected chi connectivity index (χ4v) is 3.11. The Morgan fingerprint density at radius 1 is 1.29 bits per heavy atom. The predicted octanol–water partition coefficient (Wildman–Crippen LogP) is 4.95. The van der Waals surface area contributed by atoms with E-state index in [-0.39, 0.29) is 28.3 Å². The number of hydrogen-bond donors (Lipinski definition) is 1. The van der Waals surface area contributed by atoms with Crippen molar-refractivity contribution >= 4 is 23.6 Å². The molecular weight excluding hydrogens is 451 g/mol. The number of anilines is 1. The summed E-state index contributed by atoms with van der Waals surface area (Å²) >= 11 is 6.35. The lowest BCUT2D eigenvalue weighted by atomic mass is 10.1. The third kappa shape index (κ3) is 7.80. The molecule has 0 aliphatic rings. The summed E-state index contributed by atoms with van der Waals surface area (Å²) in [6, 6.07) is 0.123. The molecule has 0 amide bonds. The van der Waals surface area contributed by atoms with E-state index >= 15 is 0 Å². The molecule has 1 atom stereocenters. The smallest absolute Gasteiger partial charge is 0.391 e. The summed E-state index contributed by atoms with van der Waals surface area (Å²) in [4.78, 5) is 20.3. The Balaban J connectivity index is 0.00000151. The summed E-state index contributed by atoms with van der Waals surface area (Å²) in [5.41, 5.74) is 1.12. The number of rotatable bonds is 8. The van der Waals surface area contributed by atoms with Gasteiger partial charge in [0.05, 0.1) is 28.4 Å². The van der Waals surface area contributed by atoms with Crippen LogP contribution in [-0.2, 0) is 22.6 Å². The standard InChI is InChI=1S/C17H20ClF5N4O.CO2/c1-4-11-14(18)15(27(5-2)26-11)10-8-24-13(6-12(10)28-16(19)20)25-9(3)7-17(21,22)23;2-1-3/h6,8-9,16H,4-5,7H2,1-3H3,(H,24,25);. The number of nitrogens with one attached hydrogen (secondary N) is 1. The first-order chi connectivity index (χ1) is 14.5. The van der Waals surface area contributed by atoms with Crippen molar-refractivity contribution in [3.63, 3.8) is 0 Å². The molecule has 2 aromatic rings. The van der Waals surface area contributed by atoms with E-state index in [4.69, 9.17) is 21.2 Å². The topological polar surface area (TPSA) is 86.1 Å². The fraction of sp³-hybridized carbons (Fsp3) is 0.500. The second kappa shape index (κ2) is 11.6. The minimum absolute atomic E-state index is 0.0226. The second-order valence-electron chi connectivity index (χ2n) is 6.17. The van der Waals surface area contributed by atoms with Gasteiger partial charge in [-0.3, -0.25) is 4.68 Å². The van der Waals surface area contributed by atoms with Gasteiger partial charge in [0, 0.05) is 24.8 Å². The molecule has 13 heteroatoms. The van der Waals surface area contributed by atoms with Gasteiger partial charge in [0.1, 0.15) is 11.6 Å². The molecule has 0 aromatic carbocycles. The van der Waals surface area contributed by atoms with Crippen LogP contribution >= 0.6 is 11.6 Å². The number of pyridine rings is 1. The zero-order chi connectivity index (χ0) is 23.8. The van der Waals surface area contributed by atoms with Crippen LogP contribution in [0, 0.1) is 0 Å². The third-order valence-corrected chi connectivity index (χ3v) is 4.26. The molecule has 172 valence electrons. The van der Waals surface area contributed by atoms with Crippen LogP contribution in [0.5, 0.6) is 5.75 Å². The lowest BCUT2D eigenvalue weighted by Gasteiger charge is -2.18. The molecule has 7 nitrogen and oxygen atoms in total. The van der Waals surface area contributed by atoms with Crippen molar-refractivity contribution in [2.24, 2.45) is 0 Å². The fourth-order valence-electron chi connectivity index (χ4n) is 2.74. The van der Waals surface area contributed by atoms with Crippen molar-refractivity contribution in [2.75, 3.05) is 5.32 Å². The lowest BCUT2D eigenvalue weighted by Crippen LogP contribution is -2.24.